The summed E-state index contributed by atoms with van der Waals surface area (Å²) in [5, 5.41) is 8.77. The first-order chi connectivity index (χ1) is 11.0. The van der Waals surface area contributed by atoms with Gasteiger partial charge in [-0.3, -0.25) is 9.78 Å². The third-order valence-corrected chi connectivity index (χ3v) is 4.40. The fraction of sp³-hybridized carbons (Fsp3) is 0.278. The SMILES string of the molecule is CC(=C/C(=O)O)/C=C/C1C(/C=C/c2cncs2)=CC(=O)CC1C. The van der Waals surface area contributed by atoms with Crippen LogP contribution in [0.25, 0.3) is 6.08 Å². The van der Waals surface area contributed by atoms with E-state index >= 15 is 0 Å². The molecule has 1 N–H and O–H groups in total. The highest BCUT2D eigenvalue weighted by Gasteiger charge is 2.24. The number of carbonyl (C=O) groups excluding carboxylic acids is 1. The highest BCUT2D eigenvalue weighted by atomic mass is 32.1. The number of allylic oxidation sites excluding steroid dienone is 6. The highest BCUT2D eigenvalue weighted by molar-refractivity contribution is 7.10. The molecular formula is C18H19NO3S. The molecular weight excluding hydrogens is 310 g/mol. The molecule has 0 radical (unpaired) electrons. The van der Waals surface area contributed by atoms with E-state index < -0.39 is 5.97 Å². The lowest BCUT2D eigenvalue weighted by Crippen LogP contribution is -2.20. The summed E-state index contributed by atoms with van der Waals surface area (Å²) < 4.78 is 0. The number of thiazole rings is 1. The molecule has 0 bridgehead atoms. The van der Waals surface area contributed by atoms with Crippen molar-refractivity contribution in [2.75, 3.05) is 0 Å². The van der Waals surface area contributed by atoms with Crippen molar-refractivity contribution < 1.29 is 14.7 Å². The largest absolute Gasteiger partial charge is 0.478 e. The summed E-state index contributed by atoms with van der Waals surface area (Å²) in [6, 6.07) is 0. The maximum Gasteiger partial charge on any atom is 0.328 e. The van der Waals surface area contributed by atoms with E-state index in [9.17, 15) is 9.59 Å². The summed E-state index contributed by atoms with van der Waals surface area (Å²) in [6.07, 6.45) is 12.8. The van der Waals surface area contributed by atoms with Gasteiger partial charge in [-0.15, -0.1) is 11.3 Å². The number of aliphatic carboxylic acids is 1. The summed E-state index contributed by atoms with van der Waals surface area (Å²) in [5.74, 6) is -0.555. The number of ketones is 1. The van der Waals surface area contributed by atoms with Gasteiger partial charge in [0, 0.05) is 29.5 Å². The topological polar surface area (TPSA) is 67.3 Å². The van der Waals surface area contributed by atoms with Crippen LogP contribution < -0.4 is 0 Å². The molecule has 0 aliphatic heterocycles. The van der Waals surface area contributed by atoms with Crippen molar-refractivity contribution in [1.82, 2.24) is 4.98 Å². The number of hydrogen-bond donors (Lipinski definition) is 1. The van der Waals surface area contributed by atoms with Gasteiger partial charge in [0.15, 0.2) is 5.78 Å². The van der Waals surface area contributed by atoms with E-state index in [1.807, 2.05) is 25.2 Å². The molecule has 120 valence electrons. The number of hydrogen-bond acceptors (Lipinski definition) is 4. The van der Waals surface area contributed by atoms with Crippen LogP contribution in [0.5, 0.6) is 0 Å². The molecule has 0 amide bonds. The summed E-state index contributed by atoms with van der Waals surface area (Å²) in [5.41, 5.74) is 3.38. The molecule has 4 nitrogen and oxygen atoms in total. The van der Waals surface area contributed by atoms with E-state index in [1.54, 1.807) is 30.8 Å². The number of carboxylic acids is 1. The van der Waals surface area contributed by atoms with Crippen LogP contribution in [0.4, 0.5) is 0 Å². The molecule has 2 rings (SSSR count). The van der Waals surface area contributed by atoms with Gasteiger partial charge in [-0.2, -0.15) is 0 Å². The van der Waals surface area contributed by atoms with Crippen molar-refractivity contribution in [3.8, 4) is 0 Å². The molecule has 2 unspecified atom stereocenters. The standard InChI is InChI=1S/C18H19NO3S/c1-12(7-18(21)22)3-6-17-13(2)8-15(20)9-14(17)4-5-16-10-19-11-23-16/h3-7,9-11,13,17H,8H2,1-2H3,(H,21,22)/b5-4+,6-3+,12-7-. The Bertz CT molecular complexity index is 696. The van der Waals surface area contributed by atoms with Crippen molar-refractivity contribution >= 4 is 29.2 Å². The predicted octanol–water partition coefficient (Wildman–Crippen LogP) is 3.89. The number of carboxylic acid groups (broad SMARTS) is 1. The molecule has 0 fully saturated rings. The average Bonchev–Trinajstić information content (AvgIpc) is 2.96. The molecule has 0 aromatic carbocycles. The number of nitrogens with zero attached hydrogens (tertiary/aromatic N) is 1. The van der Waals surface area contributed by atoms with Crippen LogP contribution in [0.1, 0.15) is 25.1 Å². The van der Waals surface area contributed by atoms with Crippen molar-refractivity contribution in [3.05, 3.63) is 58.1 Å². The Kier molecular flexibility index (Phi) is 5.82. The van der Waals surface area contributed by atoms with Gasteiger partial charge >= 0.3 is 5.97 Å². The first-order valence-corrected chi connectivity index (χ1v) is 8.24. The molecule has 1 aliphatic carbocycles. The zero-order valence-corrected chi connectivity index (χ0v) is 13.9. The second-order valence-electron chi connectivity index (χ2n) is 5.64. The first kappa shape index (κ1) is 17.1. The first-order valence-electron chi connectivity index (χ1n) is 7.36. The van der Waals surface area contributed by atoms with E-state index in [1.165, 1.54) is 17.4 Å². The number of rotatable bonds is 5. The normalized spacial score (nSPS) is 22.8. The molecule has 0 saturated heterocycles. The molecule has 0 spiro atoms. The Balaban J connectivity index is 2.23. The zero-order valence-electron chi connectivity index (χ0n) is 13.1. The van der Waals surface area contributed by atoms with Crippen LogP contribution in [0.2, 0.25) is 0 Å². The minimum absolute atomic E-state index is 0.0917. The second kappa shape index (κ2) is 7.83. The van der Waals surface area contributed by atoms with E-state index in [4.69, 9.17) is 5.11 Å². The van der Waals surface area contributed by atoms with E-state index in [0.29, 0.717) is 12.0 Å². The third kappa shape index (κ3) is 5.14. The van der Waals surface area contributed by atoms with Crippen molar-refractivity contribution in [1.29, 1.82) is 0 Å². The Morgan fingerprint density at radius 3 is 2.87 bits per heavy atom. The van der Waals surface area contributed by atoms with Gasteiger partial charge in [0.05, 0.1) is 5.51 Å². The minimum Gasteiger partial charge on any atom is -0.478 e. The van der Waals surface area contributed by atoms with E-state index in [0.717, 1.165) is 10.5 Å². The third-order valence-electron chi connectivity index (χ3n) is 3.66. The lowest BCUT2D eigenvalue weighted by molar-refractivity contribution is -0.131. The van der Waals surface area contributed by atoms with Crippen LogP contribution in [0, 0.1) is 11.8 Å². The van der Waals surface area contributed by atoms with Crippen molar-refractivity contribution in [3.63, 3.8) is 0 Å². The van der Waals surface area contributed by atoms with Gasteiger partial charge in [-0.05, 0) is 36.1 Å². The number of carbonyl (C=O) groups is 2. The lowest BCUT2D eigenvalue weighted by Gasteiger charge is -2.25. The van der Waals surface area contributed by atoms with Crippen LogP contribution in [0.3, 0.4) is 0 Å². The molecule has 0 saturated carbocycles. The molecule has 2 atom stereocenters. The average molecular weight is 329 g/mol. The van der Waals surface area contributed by atoms with Gasteiger partial charge in [0.25, 0.3) is 0 Å². The Labute approximate surface area is 139 Å². The van der Waals surface area contributed by atoms with E-state index in [-0.39, 0.29) is 17.6 Å². The maximum atomic E-state index is 11.8. The molecule has 1 aliphatic rings. The fourth-order valence-electron chi connectivity index (χ4n) is 2.56. The highest BCUT2D eigenvalue weighted by Crippen LogP contribution is 2.31. The van der Waals surface area contributed by atoms with Crippen LogP contribution in [-0.4, -0.2) is 21.8 Å². The number of aromatic nitrogens is 1. The second-order valence-corrected chi connectivity index (χ2v) is 6.56. The lowest BCUT2D eigenvalue weighted by atomic mass is 9.78. The van der Waals surface area contributed by atoms with Gasteiger partial charge in [-0.25, -0.2) is 4.79 Å². The summed E-state index contributed by atoms with van der Waals surface area (Å²) >= 11 is 1.54. The van der Waals surface area contributed by atoms with Crippen LogP contribution >= 0.6 is 11.3 Å². The molecule has 1 aromatic heterocycles. The zero-order chi connectivity index (χ0) is 16.8. The Morgan fingerprint density at radius 2 is 2.22 bits per heavy atom. The molecule has 23 heavy (non-hydrogen) atoms. The van der Waals surface area contributed by atoms with Crippen molar-refractivity contribution in [2.45, 2.75) is 20.3 Å². The monoisotopic (exact) mass is 329 g/mol. The van der Waals surface area contributed by atoms with Gasteiger partial charge in [0.2, 0.25) is 0 Å². The van der Waals surface area contributed by atoms with Crippen LogP contribution in [0.15, 0.2) is 53.2 Å². The minimum atomic E-state index is -0.958. The summed E-state index contributed by atoms with van der Waals surface area (Å²) in [7, 11) is 0. The molecule has 1 aromatic rings. The quantitative estimate of drug-likeness (QED) is 0.657. The summed E-state index contributed by atoms with van der Waals surface area (Å²) in [6.45, 7) is 3.79. The van der Waals surface area contributed by atoms with Crippen LogP contribution in [-0.2, 0) is 9.59 Å². The smallest absolute Gasteiger partial charge is 0.328 e. The van der Waals surface area contributed by atoms with Gasteiger partial charge < -0.3 is 5.11 Å². The van der Waals surface area contributed by atoms with Gasteiger partial charge in [-0.1, -0.05) is 25.2 Å². The predicted molar refractivity (Wildman–Crippen MR) is 92.0 cm³/mol. The maximum absolute atomic E-state index is 11.8. The molecule has 5 heteroatoms. The van der Waals surface area contributed by atoms with Gasteiger partial charge in [0.1, 0.15) is 0 Å². The Hall–Kier alpha value is -2.27. The van der Waals surface area contributed by atoms with Crippen molar-refractivity contribution in [2.24, 2.45) is 11.8 Å². The molecule has 1 heterocycles. The van der Waals surface area contributed by atoms with E-state index in [2.05, 4.69) is 4.98 Å². The fourth-order valence-corrected chi connectivity index (χ4v) is 3.07. The Morgan fingerprint density at radius 1 is 1.43 bits per heavy atom. The summed E-state index contributed by atoms with van der Waals surface area (Å²) in [4.78, 5) is 27.6.